The molecule has 1 fully saturated rings. The molecule has 20 heavy (non-hydrogen) atoms. The number of aryl methyl sites for hydroxylation is 1. The van der Waals surface area contributed by atoms with Gasteiger partial charge in [-0.1, -0.05) is 12.8 Å². The topological polar surface area (TPSA) is 72.4 Å². The normalized spacial score (nSPS) is 22.6. The van der Waals surface area contributed by atoms with E-state index in [4.69, 9.17) is 5.73 Å². The molecule has 2 unspecified atom stereocenters. The predicted octanol–water partition coefficient (Wildman–Crippen LogP) is 2.86. The van der Waals surface area contributed by atoms with Crippen LogP contribution < -0.4 is 10.6 Å². The van der Waals surface area contributed by atoms with Crippen molar-refractivity contribution in [2.45, 2.75) is 38.6 Å². The molecule has 1 aromatic rings. The number of nitro groups is 1. The highest BCUT2D eigenvalue weighted by Crippen LogP contribution is 2.32. The molecule has 0 aromatic heterocycles. The lowest BCUT2D eigenvalue weighted by Gasteiger charge is -2.39. The molecular weight excluding hydrogens is 254 g/mol. The average molecular weight is 277 g/mol. The third-order valence-electron chi connectivity index (χ3n) is 4.45. The smallest absolute Gasteiger partial charge is 0.272 e. The summed E-state index contributed by atoms with van der Waals surface area (Å²) in [6, 6.07) is 5.78. The number of nitrogens with two attached hydrogens (primary N) is 1. The van der Waals surface area contributed by atoms with Gasteiger partial charge in [-0.2, -0.15) is 0 Å². The van der Waals surface area contributed by atoms with Crippen molar-refractivity contribution in [2.75, 3.05) is 18.5 Å². The summed E-state index contributed by atoms with van der Waals surface area (Å²) in [6.45, 7) is 2.50. The zero-order valence-corrected chi connectivity index (χ0v) is 12.2. The Bertz CT molecular complexity index is 490. The minimum Gasteiger partial charge on any atom is -0.371 e. The van der Waals surface area contributed by atoms with Crippen LogP contribution in [0, 0.1) is 23.0 Å². The molecule has 1 aliphatic carbocycles. The van der Waals surface area contributed by atoms with Gasteiger partial charge in [0.2, 0.25) is 0 Å². The molecular formula is C15H23N3O2. The maximum atomic E-state index is 10.9. The van der Waals surface area contributed by atoms with Crippen LogP contribution in [0.1, 0.15) is 31.2 Å². The van der Waals surface area contributed by atoms with E-state index < -0.39 is 0 Å². The zero-order chi connectivity index (χ0) is 14.7. The maximum Gasteiger partial charge on any atom is 0.272 e. The molecule has 0 heterocycles. The van der Waals surface area contributed by atoms with Gasteiger partial charge in [0.05, 0.1) is 4.92 Å². The largest absolute Gasteiger partial charge is 0.371 e. The van der Waals surface area contributed by atoms with Crippen molar-refractivity contribution in [2.24, 2.45) is 11.7 Å². The molecule has 2 rings (SSSR count). The van der Waals surface area contributed by atoms with E-state index in [2.05, 4.69) is 11.9 Å². The van der Waals surface area contributed by atoms with Gasteiger partial charge < -0.3 is 10.6 Å². The summed E-state index contributed by atoms with van der Waals surface area (Å²) >= 11 is 0. The lowest BCUT2D eigenvalue weighted by atomic mass is 9.83. The maximum absolute atomic E-state index is 10.9. The Labute approximate surface area is 119 Å². The SMILES string of the molecule is Cc1cc(N(C)C2CCCCC2CN)ccc1[N+](=O)[O-]. The van der Waals surface area contributed by atoms with Crippen LogP contribution in [0.15, 0.2) is 18.2 Å². The lowest BCUT2D eigenvalue weighted by Crippen LogP contribution is -2.43. The van der Waals surface area contributed by atoms with Crippen LogP contribution in [-0.4, -0.2) is 24.6 Å². The van der Waals surface area contributed by atoms with Gasteiger partial charge in [0.1, 0.15) is 0 Å². The number of anilines is 1. The van der Waals surface area contributed by atoms with Crippen molar-refractivity contribution >= 4 is 11.4 Å². The van der Waals surface area contributed by atoms with Crippen LogP contribution in [0.3, 0.4) is 0 Å². The Morgan fingerprint density at radius 2 is 2.10 bits per heavy atom. The lowest BCUT2D eigenvalue weighted by molar-refractivity contribution is -0.385. The van der Waals surface area contributed by atoms with Crippen LogP contribution in [0.5, 0.6) is 0 Å². The van der Waals surface area contributed by atoms with Gasteiger partial charge >= 0.3 is 0 Å². The minimum atomic E-state index is -0.331. The van der Waals surface area contributed by atoms with Gasteiger partial charge in [0.15, 0.2) is 0 Å². The van der Waals surface area contributed by atoms with E-state index in [1.165, 1.54) is 19.3 Å². The summed E-state index contributed by atoms with van der Waals surface area (Å²) in [5.41, 5.74) is 7.82. The Hall–Kier alpha value is -1.62. The van der Waals surface area contributed by atoms with Crippen LogP contribution in [0.25, 0.3) is 0 Å². The van der Waals surface area contributed by atoms with Crippen LogP contribution in [0.2, 0.25) is 0 Å². The fourth-order valence-corrected chi connectivity index (χ4v) is 3.23. The van der Waals surface area contributed by atoms with Crippen molar-refractivity contribution in [1.29, 1.82) is 0 Å². The van der Waals surface area contributed by atoms with E-state index in [-0.39, 0.29) is 10.6 Å². The molecule has 2 N–H and O–H groups in total. The fourth-order valence-electron chi connectivity index (χ4n) is 3.23. The number of nitrogens with zero attached hydrogens (tertiary/aromatic N) is 2. The number of nitro benzene ring substituents is 1. The molecule has 1 aromatic carbocycles. The Morgan fingerprint density at radius 3 is 2.70 bits per heavy atom. The molecule has 0 radical (unpaired) electrons. The highest BCUT2D eigenvalue weighted by Gasteiger charge is 2.28. The standard InChI is InChI=1S/C15H23N3O2/c1-11-9-13(7-8-14(11)18(19)20)17(2)15-6-4-3-5-12(15)10-16/h7-9,12,15H,3-6,10,16H2,1-2H3. The molecule has 0 bridgehead atoms. The van der Waals surface area contributed by atoms with Crippen LogP contribution >= 0.6 is 0 Å². The zero-order valence-electron chi connectivity index (χ0n) is 12.2. The van der Waals surface area contributed by atoms with Gasteiger partial charge in [0.25, 0.3) is 5.69 Å². The molecule has 1 aliphatic rings. The number of hydrogen-bond acceptors (Lipinski definition) is 4. The highest BCUT2D eigenvalue weighted by molar-refractivity contribution is 5.55. The van der Waals surface area contributed by atoms with E-state index in [1.54, 1.807) is 13.0 Å². The second-order valence-corrected chi connectivity index (χ2v) is 5.69. The first-order valence-electron chi connectivity index (χ1n) is 7.22. The van der Waals surface area contributed by atoms with Gasteiger partial charge in [-0.3, -0.25) is 10.1 Å². The van der Waals surface area contributed by atoms with Crippen LogP contribution in [-0.2, 0) is 0 Å². The van der Waals surface area contributed by atoms with Crippen molar-refractivity contribution in [3.8, 4) is 0 Å². The average Bonchev–Trinajstić information content (AvgIpc) is 2.45. The molecule has 1 saturated carbocycles. The first-order valence-corrected chi connectivity index (χ1v) is 7.22. The summed E-state index contributed by atoms with van der Waals surface area (Å²) in [5.74, 6) is 0.518. The van der Waals surface area contributed by atoms with Crippen molar-refractivity contribution in [1.82, 2.24) is 0 Å². The minimum absolute atomic E-state index is 0.182. The molecule has 2 atom stereocenters. The second kappa shape index (κ2) is 6.22. The number of benzene rings is 1. The molecule has 5 nitrogen and oxygen atoms in total. The second-order valence-electron chi connectivity index (χ2n) is 5.69. The molecule has 0 aliphatic heterocycles. The highest BCUT2D eigenvalue weighted by atomic mass is 16.6. The van der Waals surface area contributed by atoms with Gasteiger partial charge in [-0.25, -0.2) is 0 Å². The molecule has 0 spiro atoms. The number of rotatable bonds is 4. The molecule has 0 amide bonds. The van der Waals surface area contributed by atoms with E-state index >= 15 is 0 Å². The van der Waals surface area contributed by atoms with E-state index in [0.717, 1.165) is 12.1 Å². The molecule has 0 saturated heterocycles. The van der Waals surface area contributed by atoms with E-state index in [0.29, 0.717) is 24.1 Å². The Morgan fingerprint density at radius 1 is 1.40 bits per heavy atom. The summed E-state index contributed by atoms with van der Waals surface area (Å²) in [4.78, 5) is 12.8. The first kappa shape index (κ1) is 14.8. The molecule has 110 valence electrons. The van der Waals surface area contributed by atoms with Gasteiger partial charge in [-0.05, 0) is 44.4 Å². The van der Waals surface area contributed by atoms with Crippen molar-refractivity contribution in [3.63, 3.8) is 0 Å². The Kier molecular flexibility index (Phi) is 4.60. The third kappa shape index (κ3) is 2.93. The predicted molar refractivity (Wildman–Crippen MR) is 81.0 cm³/mol. The van der Waals surface area contributed by atoms with Crippen molar-refractivity contribution in [3.05, 3.63) is 33.9 Å². The summed E-state index contributed by atoms with van der Waals surface area (Å²) in [6.07, 6.45) is 4.81. The number of hydrogen-bond donors (Lipinski definition) is 1. The van der Waals surface area contributed by atoms with Crippen molar-refractivity contribution < 1.29 is 4.92 Å². The molecule has 5 heteroatoms. The van der Waals surface area contributed by atoms with Gasteiger partial charge in [0, 0.05) is 30.4 Å². The fraction of sp³-hybridized carbons (Fsp3) is 0.600. The first-order chi connectivity index (χ1) is 9.54. The van der Waals surface area contributed by atoms with Crippen LogP contribution in [0.4, 0.5) is 11.4 Å². The summed E-state index contributed by atoms with van der Waals surface area (Å²) in [5, 5.41) is 10.9. The third-order valence-corrected chi connectivity index (χ3v) is 4.45. The Balaban J connectivity index is 2.21. The monoisotopic (exact) mass is 277 g/mol. The summed E-state index contributed by atoms with van der Waals surface area (Å²) in [7, 11) is 2.07. The summed E-state index contributed by atoms with van der Waals surface area (Å²) < 4.78 is 0. The van der Waals surface area contributed by atoms with E-state index in [1.807, 2.05) is 12.1 Å². The van der Waals surface area contributed by atoms with Gasteiger partial charge in [-0.15, -0.1) is 0 Å². The van der Waals surface area contributed by atoms with E-state index in [9.17, 15) is 10.1 Å². The quantitative estimate of drug-likeness (QED) is 0.678.